The molecule has 0 saturated carbocycles. The fourth-order valence-corrected chi connectivity index (χ4v) is 2.87. The maximum Gasteiger partial charge on any atom is 0.0555 e. The second kappa shape index (κ2) is 3.02. The third-order valence-electron chi connectivity index (χ3n) is 1.71. The molecule has 0 bridgehead atoms. The Bertz CT molecular complexity index is 433. The van der Waals surface area contributed by atoms with Crippen LogP contribution in [0.15, 0.2) is 22.7 Å². The van der Waals surface area contributed by atoms with Crippen molar-refractivity contribution in [3.8, 4) is 0 Å². The van der Waals surface area contributed by atoms with E-state index in [1.165, 1.54) is 15.0 Å². The monoisotopic (exact) mass is 260 g/mol. The summed E-state index contributed by atoms with van der Waals surface area (Å²) >= 11 is 11.2. The van der Waals surface area contributed by atoms with Gasteiger partial charge in [-0.05, 0) is 41.1 Å². The van der Waals surface area contributed by atoms with Gasteiger partial charge in [-0.3, -0.25) is 0 Å². The molecule has 0 atom stereocenters. The van der Waals surface area contributed by atoms with Crippen molar-refractivity contribution >= 4 is 49.0 Å². The first-order valence-electron chi connectivity index (χ1n) is 3.52. The van der Waals surface area contributed by atoms with Crippen molar-refractivity contribution in [1.82, 2.24) is 0 Å². The smallest absolute Gasteiger partial charge is 0.0555 e. The molecule has 0 N–H and O–H groups in total. The Labute approximate surface area is 88.3 Å². The summed E-state index contributed by atoms with van der Waals surface area (Å²) in [6, 6.07) is 6.12. The average Bonchev–Trinajstić information content (AvgIpc) is 2.39. The van der Waals surface area contributed by atoms with E-state index in [0.29, 0.717) is 0 Å². The van der Waals surface area contributed by atoms with Crippen LogP contribution in [-0.4, -0.2) is 0 Å². The average molecular weight is 262 g/mol. The lowest BCUT2D eigenvalue weighted by Crippen LogP contribution is -1.68. The Morgan fingerprint density at radius 2 is 2.17 bits per heavy atom. The molecule has 0 unspecified atom stereocenters. The molecule has 0 radical (unpaired) electrons. The van der Waals surface area contributed by atoms with Crippen molar-refractivity contribution in [3.05, 3.63) is 32.6 Å². The summed E-state index contributed by atoms with van der Waals surface area (Å²) in [7, 11) is 0. The lowest BCUT2D eigenvalue weighted by molar-refractivity contribution is 1.65. The van der Waals surface area contributed by atoms with Crippen LogP contribution >= 0.6 is 38.9 Å². The van der Waals surface area contributed by atoms with Gasteiger partial charge in [-0.15, -0.1) is 11.3 Å². The quantitative estimate of drug-likeness (QED) is 0.649. The van der Waals surface area contributed by atoms with Gasteiger partial charge in [-0.25, -0.2) is 0 Å². The van der Waals surface area contributed by atoms with Gasteiger partial charge in [0.05, 0.1) is 5.02 Å². The molecule has 3 heteroatoms. The second-order valence-corrected chi connectivity index (χ2v) is 5.12. The van der Waals surface area contributed by atoms with Crippen LogP contribution in [0.1, 0.15) is 4.88 Å². The van der Waals surface area contributed by atoms with E-state index in [1.807, 2.05) is 6.07 Å². The summed E-state index contributed by atoms with van der Waals surface area (Å²) in [5.74, 6) is 0. The van der Waals surface area contributed by atoms with E-state index in [9.17, 15) is 0 Å². The van der Waals surface area contributed by atoms with Crippen LogP contribution in [0, 0.1) is 6.92 Å². The first kappa shape index (κ1) is 8.54. The van der Waals surface area contributed by atoms with Gasteiger partial charge in [-0.2, -0.15) is 0 Å². The van der Waals surface area contributed by atoms with Gasteiger partial charge in [0.15, 0.2) is 0 Å². The number of hydrogen-bond donors (Lipinski definition) is 0. The summed E-state index contributed by atoms with van der Waals surface area (Å²) < 4.78 is 2.29. The van der Waals surface area contributed by atoms with Gasteiger partial charge in [0.2, 0.25) is 0 Å². The molecular formula is C9H6BrClS. The maximum atomic E-state index is 5.95. The standard InChI is InChI=1S/C9H6BrClS/c1-5-4-6-8(12-5)3-2-7(11)9(6)10/h2-4H,1H3. The molecule has 2 rings (SSSR count). The van der Waals surface area contributed by atoms with Crippen LogP contribution in [0.5, 0.6) is 0 Å². The molecule has 0 amide bonds. The van der Waals surface area contributed by atoms with Crippen LogP contribution in [0.3, 0.4) is 0 Å². The third kappa shape index (κ3) is 1.28. The van der Waals surface area contributed by atoms with E-state index in [-0.39, 0.29) is 0 Å². The number of fused-ring (bicyclic) bond motifs is 1. The van der Waals surface area contributed by atoms with E-state index in [4.69, 9.17) is 11.6 Å². The zero-order valence-electron chi connectivity index (χ0n) is 6.40. The predicted molar refractivity (Wildman–Crippen MR) is 59.3 cm³/mol. The highest BCUT2D eigenvalue weighted by Gasteiger charge is 2.04. The molecule has 0 spiro atoms. The summed E-state index contributed by atoms with van der Waals surface area (Å²) in [6.07, 6.45) is 0. The second-order valence-electron chi connectivity index (χ2n) is 2.63. The van der Waals surface area contributed by atoms with Crippen LogP contribution < -0.4 is 0 Å². The number of halogens is 2. The largest absolute Gasteiger partial charge is 0.141 e. The molecule has 0 fully saturated rings. The van der Waals surface area contributed by atoms with Gasteiger partial charge in [0.1, 0.15) is 0 Å². The van der Waals surface area contributed by atoms with Gasteiger partial charge in [-0.1, -0.05) is 11.6 Å². The fraction of sp³-hybridized carbons (Fsp3) is 0.111. The van der Waals surface area contributed by atoms with Crippen molar-refractivity contribution < 1.29 is 0 Å². The maximum absolute atomic E-state index is 5.95. The molecule has 0 saturated heterocycles. The van der Waals surface area contributed by atoms with Crippen molar-refractivity contribution in [2.75, 3.05) is 0 Å². The van der Waals surface area contributed by atoms with E-state index < -0.39 is 0 Å². The number of rotatable bonds is 0. The van der Waals surface area contributed by atoms with Crippen molar-refractivity contribution in [1.29, 1.82) is 0 Å². The summed E-state index contributed by atoms with van der Waals surface area (Å²) in [5.41, 5.74) is 0. The Balaban J connectivity index is 2.89. The van der Waals surface area contributed by atoms with E-state index >= 15 is 0 Å². The third-order valence-corrected chi connectivity index (χ3v) is 4.12. The fourth-order valence-electron chi connectivity index (χ4n) is 1.18. The topological polar surface area (TPSA) is 0 Å². The van der Waals surface area contributed by atoms with Crippen molar-refractivity contribution in [2.45, 2.75) is 6.92 Å². The zero-order chi connectivity index (χ0) is 8.72. The lowest BCUT2D eigenvalue weighted by atomic mass is 10.2. The van der Waals surface area contributed by atoms with Crippen molar-refractivity contribution in [3.63, 3.8) is 0 Å². The van der Waals surface area contributed by atoms with Gasteiger partial charge < -0.3 is 0 Å². The summed E-state index contributed by atoms with van der Waals surface area (Å²) in [6.45, 7) is 2.10. The Morgan fingerprint density at radius 3 is 2.92 bits per heavy atom. The lowest BCUT2D eigenvalue weighted by Gasteiger charge is -1.95. The predicted octanol–water partition coefficient (Wildman–Crippen LogP) is 4.63. The zero-order valence-corrected chi connectivity index (χ0v) is 9.55. The highest BCUT2D eigenvalue weighted by Crippen LogP contribution is 2.35. The first-order valence-corrected chi connectivity index (χ1v) is 5.51. The van der Waals surface area contributed by atoms with Gasteiger partial charge in [0.25, 0.3) is 0 Å². The minimum absolute atomic E-state index is 0.778. The van der Waals surface area contributed by atoms with Crippen LogP contribution in [0.2, 0.25) is 5.02 Å². The Kier molecular flexibility index (Phi) is 2.15. The molecular weight excluding hydrogens is 256 g/mol. The van der Waals surface area contributed by atoms with E-state index in [1.54, 1.807) is 11.3 Å². The Hall–Kier alpha value is -0.0500. The van der Waals surface area contributed by atoms with Crippen LogP contribution in [0.25, 0.3) is 10.1 Å². The number of aryl methyl sites for hydroxylation is 1. The first-order chi connectivity index (χ1) is 5.68. The summed E-state index contributed by atoms with van der Waals surface area (Å²) in [5, 5.41) is 1.99. The molecule has 0 aliphatic rings. The molecule has 0 nitrogen and oxygen atoms in total. The number of thiophene rings is 1. The highest BCUT2D eigenvalue weighted by molar-refractivity contribution is 9.10. The van der Waals surface area contributed by atoms with Crippen molar-refractivity contribution in [2.24, 2.45) is 0 Å². The van der Waals surface area contributed by atoms with Gasteiger partial charge >= 0.3 is 0 Å². The highest BCUT2D eigenvalue weighted by atomic mass is 79.9. The van der Waals surface area contributed by atoms with E-state index in [2.05, 4.69) is 35.0 Å². The van der Waals surface area contributed by atoms with E-state index in [0.717, 1.165) is 9.50 Å². The number of hydrogen-bond acceptors (Lipinski definition) is 1. The van der Waals surface area contributed by atoms with Crippen LogP contribution in [-0.2, 0) is 0 Å². The number of benzene rings is 1. The normalized spacial score (nSPS) is 10.9. The molecule has 0 aliphatic carbocycles. The van der Waals surface area contributed by atoms with Gasteiger partial charge in [0, 0.05) is 19.4 Å². The molecule has 0 aliphatic heterocycles. The van der Waals surface area contributed by atoms with Crippen LogP contribution in [0.4, 0.5) is 0 Å². The SMILES string of the molecule is Cc1cc2c(Br)c(Cl)ccc2s1. The molecule has 12 heavy (non-hydrogen) atoms. The molecule has 2 aromatic rings. The summed E-state index contributed by atoms with van der Waals surface area (Å²) in [4.78, 5) is 1.31. The minimum atomic E-state index is 0.778. The molecule has 1 aromatic carbocycles. The Morgan fingerprint density at radius 1 is 1.42 bits per heavy atom. The molecule has 1 heterocycles. The minimum Gasteiger partial charge on any atom is -0.141 e. The molecule has 62 valence electrons. The molecule has 1 aromatic heterocycles.